The van der Waals surface area contributed by atoms with Crippen LogP contribution < -0.4 is 10.2 Å². The predicted molar refractivity (Wildman–Crippen MR) is 128 cm³/mol. The largest absolute Gasteiger partial charge is 0.372 e. The number of hydrogen-bond donors (Lipinski definition) is 1. The maximum Gasteiger partial charge on any atom is 0.276 e. The van der Waals surface area contributed by atoms with Gasteiger partial charge in [0.25, 0.3) is 5.91 Å². The molecule has 1 atom stereocenters. The smallest absolute Gasteiger partial charge is 0.276 e. The van der Waals surface area contributed by atoms with Gasteiger partial charge >= 0.3 is 0 Å². The Morgan fingerprint density at radius 1 is 1.09 bits per heavy atom. The summed E-state index contributed by atoms with van der Waals surface area (Å²) in [5.74, 6) is -0.0774. The Hall–Kier alpha value is -2.65. The summed E-state index contributed by atoms with van der Waals surface area (Å²) in [7, 11) is -3.06. The van der Waals surface area contributed by atoms with E-state index in [4.69, 9.17) is 0 Å². The van der Waals surface area contributed by atoms with E-state index in [0.717, 1.165) is 23.7 Å². The van der Waals surface area contributed by atoms with E-state index in [2.05, 4.69) is 15.3 Å². The molecule has 3 aromatic rings. The Kier molecular flexibility index (Phi) is 5.77. The number of benzene rings is 1. The summed E-state index contributed by atoms with van der Waals surface area (Å²) in [6.07, 6.45) is 4.24. The minimum absolute atomic E-state index is 0.0616. The van der Waals surface area contributed by atoms with Gasteiger partial charge in [-0.3, -0.25) is 9.48 Å². The number of thiophene rings is 1. The number of carbonyl (C=O) groups excluding carboxylic acids is 1. The highest BCUT2D eigenvalue weighted by Gasteiger charge is 2.32. The fraction of sp³-hybridized carbons (Fsp3) is 0.391. The zero-order chi connectivity index (χ0) is 22.1. The topological polar surface area (TPSA) is 84.3 Å². The third-order valence-corrected chi connectivity index (χ3v) is 8.79. The number of sulfone groups is 1. The van der Waals surface area contributed by atoms with Gasteiger partial charge in [0.15, 0.2) is 15.5 Å². The van der Waals surface area contributed by atoms with E-state index in [0.29, 0.717) is 12.1 Å². The number of nitrogens with zero attached hydrogens (tertiary/aromatic N) is 3. The van der Waals surface area contributed by atoms with Gasteiger partial charge in [0.1, 0.15) is 0 Å². The lowest BCUT2D eigenvalue weighted by atomic mass is 10.1. The van der Waals surface area contributed by atoms with Crippen molar-refractivity contribution in [2.75, 3.05) is 34.8 Å². The first kappa shape index (κ1) is 21.2. The number of rotatable bonds is 5. The summed E-state index contributed by atoms with van der Waals surface area (Å²) in [5, 5.41) is 9.43. The lowest BCUT2D eigenvalue weighted by Gasteiger charge is -2.28. The molecular weight excluding hydrogens is 444 g/mol. The van der Waals surface area contributed by atoms with Crippen LogP contribution in [0, 0.1) is 0 Å². The van der Waals surface area contributed by atoms with Crippen molar-refractivity contribution in [2.24, 2.45) is 0 Å². The molecule has 1 amide bonds. The average molecular weight is 471 g/mol. The number of amides is 1. The van der Waals surface area contributed by atoms with Gasteiger partial charge in [0.05, 0.1) is 28.1 Å². The number of hydrogen-bond acceptors (Lipinski definition) is 6. The normalized spacial score (nSPS) is 20.4. The van der Waals surface area contributed by atoms with Gasteiger partial charge in [-0.15, -0.1) is 11.3 Å². The lowest BCUT2D eigenvalue weighted by Crippen LogP contribution is -2.29. The summed E-state index contributed by atoms with van der Waals surface area (Å²) >= 11 is 1.55. The average Bonchev–Trinajstić information content (AvgIpc) is 3.54. The van der Waals surface area contributed by atoms with Gasteiger partial charge in [0.2, 0.25) is 0 Å². The minimum atomic E-state index is -3.06. The first-order valence-electron chi connectivity index (χ1n) is 11.0. The molecule has 168 valence electrons. The number of nitrogens with one attached hydrogen (secondary N) is 1. The molecule has 2 saturated heterocycles. The maximum atomic E-state index is 13.0. The van der Waals surface area contributed by atoms with Gasteiger partial charge in [-0.25, -0.2) is 8.42 Å². The Morgan fingerprint density at radius 2 is 1.88 bits per heavy atom. The Bertz CT molecular complexity index is 1190. The van der Waals surface area contributed by atoms with Crippen LogP contribution in [0.5, 0.6) is 0 Å². The standard InChI is InChI=1S/C23H26N4O3S2/c28-23(24-17-6-8-18(9-7-17)26-11-2-1-3-12-26)20-15-21(22-5-4-13-31-22)27(25-20)19-10-14-32(29,30)16-19/h4-9,13,15,19H,1-3,10-12,14,16H2,(H,24,28). The van der Waals surface area contributed by atoms with E-state index in [1.54, 1.807) is 22.1 Å². The molecule has 7 nitrogen and oxygen atoms in total. The number of piperidine rings is 1. The second-order valence-electron chi connectivity index (χ2n) is 8.44. The van der Waals surface area contributed by atoms with Crippen molar-refractivity contribution < 1.29 is 13.2 Å². The van der Waals surface area contributed by atoms with Crippen LogP contribution in [-0.4, -0.2) is 48.7 Å². The zero-order valence-corrected chi connectivity index (χ0v) is 19.4. The molecule has 2 fully saturated rings. The second kappa shape index (κ2) is 8.71. The number of aromatic nitrogens is 2. The van der Waals surface area contributed by atoms with Gasteiger partial charge < -0.3 is 10.2 Å². The Morgan fingerprint density at radius 3 is 2.53 bits per heavy atom. The summed E-state index contributed by atoms with van der Waals surface area (Å²) in [6, 6.07) is 13.3. The third kappa shape index (κ3) is 4.45. The SMILES string of the molecule is O=C(Nc1ccc(N2CCCCC2)cc1)c1cc(-c2cccs2)n(C2CCS(=O)(=O)C2)n1. The van der Waals surface area contributed by atoms with Crippen LogP contribution in [0.15, 0.2) is 47.8 Å². The lowest BCUT2D eigenvalue weighted by molar-refractivity contribution is 0.102. The molecule has 1 N–H and O–H groups in total. The molecule has 1 unspecified atom stereocenters. The summed E-state index contributed by atoms with van der Waals surface area (Å²) < 4.78 is 25.8. The van der Waals surface area contributed by atoms with E-state index in [-0.39, 0.29) is 29.1 Å². The third-order valence-electron chi connectivity index (χ3n) is 6.14. The van der Waals surface area contributed by atoms with Gasteiger partial charge in [-0.2, -0.15) is 5.10 Å². The summed E-state index contributed by atoms with van der Waals surface area (Å²) in [5.41, 5.74) is 2.96. The molecule has 0 radical (unpaired) electrons. The quantitative estimate of drug-likeness (QED) is 0.604. The van der Waals surface area contributed by atoms with Crippen LogP contribution in [0.25, 0.3) is 10.6 Å². The molecule has 2 aliphatic rings. The Labute approximate surface area is 192 Å². The maximum absolute atomic E-state index is 13.0. The van der Waals surface area contributed by atoms with Crippen LogP contribution in [0.2, 0.25) is 0 Å². The molecule has 2 aromatic heterocycles. The molecular formula is C23H26N4O3S2. The van der Waals surface area contributed by atoms with Gasteiger partial charge in [0, 0.05) is 24.5 Å². The number of carbonyl (C=O) groups is 1. The van der Waals surface area contributed by atoms with Crippen molar-refractivity contribution in [3.8, 4) is 10.6 Å². The van der Waals surface area contributed by atoms with Crippen LogP contribution in [-0.2, 0) is 9.84 Å². The van der Waals surface area contributed by atoms with E-state index >= 15 is 0 Å². The van der Waals surface area contributed by atoms with Crippen molar-refractivity contribution in [1.82, 2.24) is 9.78 Å². The molecule has 2 aliphatic heterocycles. The van der Waals surface area contributed by atoms with Crippen molar-refractivity contribution in [2.45, 2.75) is 31.7 Å². The summed E-state index contributed by atoms with van der Waals surface area (Å²) in [4.78, 5) is 16.3. The van der Waals surface area contributed by atoms with Crippen LogP contribution in [0.1, 0.15) is 42.2 Å². The molecule has 4 heterocycles. The summed E-state index contributed by atoms with van der Waals surface area (Å²) in [6.45, 7) is 2.15. The van der Waals surface area contributed by atoms with E-state index < -0.39 is 9.84 Å². The van der Waals surface area contributed by atoms with Crippen molar-refractivity contribution >= 4 is 38.5 Å². The second-order valence-corrected chi connectivity index (χ2v) is 11.6. The first-order chi connectivity index (χ1) is 15.5. The highest BCUT2D eigenvalue weighted by Crippen LogP contribution is 2.32. The van der Waals surface area contributed by atoms with Crippen LogP contribution in [0.4, 0.5) is 11.4 Å². The highest BCUT2D eigenvalue weighted by atomic mass is 32.2. The van der Waals surface area contributed by atoms with Crippen LogP contribution in [0.3, 0.4) is 0 Å². The zero-order valence-electron chi connectivity index (χ0n) is 17.7. The Balaban J connectivity index is 1.36. The fourth-order valence-electron chi connectivity index (χ4n) is 4.46. The minimum Gasteiger partial charge on any atom is -0.372 e. The molecule has 0 bridgehead atoms. The van der Waals surface area contributed by atoms with Crippen molar-refractivity contribution in [1.29, 1.82) is 0 Å². The number of anilines is 2. The van der Waals surface area contributed by atoms with E-state index in [1.165, 1.54) is 24.9 Å². The molecule has 0 spiro atoms. The monoisotopic (exact) mass is 470 g/mol. The predicted octanol–water partition coefficient (Wildman–Crippen LogP) is 4.21. The molecule has 1 aromatic carbocycles. The fourth-order valence-corrected chi connectivity index (χ4v) is 6.89. The molecule has 0 saturated carbocycles. The highest BCUT2D eigenvalue weighted by molar-refractivity contribution is 7.91. The molecule has 0 aliphatic carbocycles. The van der Waals surface area contributed by atoms with Gasteiger partial charge in [-0.05, 0) is 67.5 Å². The van der Waals surface area contributed by atoms with E-state index in [1.807, 2.05) is 41.8 Å². The van der Waals surface area contributed by atoms with Crippen LogP contribution >= 0.6 is 11.3 Å². The van der Waals surface area contributed by atoms with E-state index in [9.17, 15) is 13.2 Å². The molecule has 32 heavy (non-hydrogen) atoms. The molecule has 9 heteroatoms. The van der Waals surface area contributed by atoms with Crippen molar-refractivity contribution in [3.05, 3.63) is 53.5 Å². The van der Waals surface area contributed by atoms with Crippen molar-refractivity contribution in [3.63, 3.8) is 0 Å². The molecule has 5 rings (SSSR count). The van der Waals surface area contributed by atoms with Gasteiger partial charge in [-0.1, -0.05) is 6.07 Å². The first-order valence-corrected chi connectivity index (χ1v) is 13.7.